The summed E-state index contributed by atoms with van der Waals surface area (Å²) in [5, 5.41) is 2.70. The minimum Gasteiger partial charge on any atom is -0.454 e. The molecule has 1 N–H and O–H groups in total. The molecule has 7 nitrogen and oxygen atoms in total. The standard InChI is InChI=1S/C20H21N3O4/c1-13-8-14(2)10-15(9-13)21-18(24)12-27-19(25)11-23-17-7-5-4-6-16(17)22(3)20(23)26/h4-10H,11-12H2,1-3H3,(H,21,24). The van der Waals surface area contributed by atoms with Crippen LogP contribution in [-0.4, -0.2) is 27.6 Å². The van der Waals surface area contributed by atoms with Gasteiger partial charge in [0, 0.05) is 12.7 Å². The molecule has 27 heavy (non-hydrogen) atoms. The molecule has 140 valence electrons. The van der Waals surface area contributed by atoms with Gasteiger partial charge in [-0.1, -0.05) is 18.2 Å². The van der Waals surface area contributed by atoms with Gasteiger partial charge in [-0.05, 0) is 49.2 Å². The molecular weight excluding hydrogens is 346 g/mol. The number of fused-ring (bicyclic) bond motifs is 1. The van der Waals surface area contributed by atoms with Crippen molar-refractivity contribution in [3.8, 4) is 0 Å². The topological polar surface area (TPSA) is 82.3 Å². The average Bonchev–Trinajstić information content (AvgIpc) is 2.84. The minimum atomic E-state index is -0.649. The number of ether oxygens (including phenoxy) is 1. The number of nitrogens with zero attached hydrogens (tertiary/aromatic N) is 2. The van der Waals surface area contributed by atoms with E-state index in [1.54, 1.807) is 25.2 Å². The largest absolute Gasteiger partial charge is 0.454 e. The van der Waals surface area contributed by atoms with Gasteiger partial charge in [0.25, 0.3) is 5.91 Å². The van der Waals surface area contributed by atoms with Crippen molar-refractivity contribution in [1.29, 1.82) is 0 Å². The van der Waals surface area contributed by atoms with E-state index in [2.05, 4.69) is 5.32 Å². The van der Waals surface area contributed by atoms with Gasteiger partial charge in [0.2, 0.25) is 0 Å². The van der Waals surface area contributed by atoms with Crippen LogP contribution in [0.4, 0.5) is 5.69 Å². The van der Waals surface area contributed by atoms with E-state index in [0.29, 0.717) is 11.2 Å². The molecule has 0 aliphatic heterocycles. The average molecular weight is 367 g/mol. The van der Waals surface area contributed by atoms with E-state index >= 15 is 0 Å². The zero-order chi connectivity index (χ0) is 19.6. The molecule has 1 heterocycles. The van der Waals surface area contributed by atoms with Gasteiger partial charge in [-0.3, -0.25) is 18.7 Å². The highest BCUT2D eigenvalue weighted by Gasteiger charge is 2.15. The Morgan fingerprint density at radius 1 is 1.04 bits per heavy atom. The van der Waals surface area contributed by atoms with Crippen LogP contribution in [0, 0.1) is 13.8 Å². The lowest BCUT2D eigenvalue weighted by Crippen LogP contribution is -2.28. The zero-order valence-corrected chi connectivity index (χ0v) is 15.5. The summed E-state index contributed by atoms with van der Waals surface area (Å²) in [6, 6.07) is 12.8. The molecule has 7 heteroatoms. The summed E-state index contributed by atoms with van der Waals surface area (Å²) in [7, 11) is 1.64. The smallest absolute Gasteiger partial charge is 0.329 e. The number of aromatic nitrogens is 2. The Morgan fingerprint density at radius 2 is 1.67 bits per heavy atom. The van der Waals surface area contributed by atoms with Crippen molar-refractivity contribution in [1.82, 2.24) is 9.13 Å². The van der Waals surface area contributed by atoms with Gasteiger partial charge in [-0.2, -0.15) is 0 Å². The van der Waals surface area contributed by atoms with E-state index in [-0.39, 0.29) is 12.2 Å². The first-order valence-corrected chi connectivity index (χ1v) is 8.53. The Hall–Kier alpha value is -3.35. The number of rotatable bonds is 5. The van der Waals surface area contributed by atoms with Crippen LogP contribution in [-0.2, 0) is 27.9 Å². The number of nitrogens with one attached hydrogen (secondary N) is 1. The van der Waals surface area contributed by atoms with Crippen LogP contribution in [0.3, 0.4) is 0 Å². The van der Waals surface area contributed by atoms with Crippen LogP contribution < -0.4 is 11.0 Å². The number of anilines is 1. The van der Waals surface area contributed by atoms with E-state index in [0.717, 1.165) is 16.6 Å². The minimum absolute atomic E-state index is 0.253. The molecule has 0 bridgehead atoms. The van der Waals surface area contributed by atoms with Crippen LogP contribution in [0.2, 0.25) is 0 Å². The number of para-hydroxylation sites is 2. The summed E-state index contributed by atoms with van der Waals surface area (Å²) in [4.78, 5) is 36.4. The number of hydrogen-bond donors (Lipinski definition) is 1. The highest BCUT2D eigenvalue weighted by Crippen LogP contribution is 2.14. The lowest BCUT2D eigenvalue weighted by atomic mass is 10.1. The molecule has 0 aliphatic rings. The molecule has 0 saturated carbocycles. The van der Waals surface area contributed by atoms with Crippen LogP contribution in [0.15, 0.2) is 47.3 Å². The van der Waals surface area contributed by atoms with Crippen molar-refractivity contribution < 1.29 is 14.3 Å². The SMILES string of the molecule is Cc1cc(C)cc(NC(=O)COC(=O)Cn2c(=O)n(C)c3ccccc32)c1. The summed E-state index contributed by atoms with van der Waals surface area (Å²) in [6.07, 6.45) is 0. The second-order valence-corrected chi connectivity index (χ2v) is 6.50. The molecule has 0 aliphatic carbocycles. The number of benzene rings is 2. The Bertz CT molecular complexity index is 1060. The van der Waals surface area contributed by atoms with Gasteiger partial charge >= 0.3 is 11.7 Å². The van der Waals surface area contributed by atoms with Gasteiger partial charge in [0.15, 0.2) is 6.61 Å². The lowest BCUT2D eigenvalue weighted by Gasteiger charge is -2.09. The number of esters is 1. The molecule has 1 aromatic heterocycles. The lowest BCUT2D eigenvalue weighted by molar-refractivity contribution is -0.147. The van der Waals surface area contributed by atoms with E-state index < -0.39 is 18.5 Å². The highest BCUT2D eigenvalue weighted by atomic mass is 16.5. The van der Waals surface area contributed by atoms with Crippen molar-refractivity contribution in [3.63, 3.8) is 0 Å². The molecule has 0 saturated heterocycles. The molecule has 0 atom stereocenters. The fourth-order valence-electron chi connectivity index (χ4n) is 3.08. The molecule has 3 rings (SSSR count). The molecular formula is C20H21N3O4. The normalized spacial score (nSPS) is 10.8. The maximum atomic E-state index is 12.3. The van der Waals surface area contributed by atoms with Crippen LogP contribution in [0.1, 0.15) is 11.1 Å². The van der Waals surface area contributed by atoms with Gasteiger partial charge in [0.1, 0.15) is 6.54 Å². The van der Waals surface area contributed by atoms with E-state index in [1.165, 1.54) is 9.13 Å². The molecule has 1 amide bonds. The number of carbonyl (C=O) groups is 2. The molecule has 0 unspecified atom stereocenters. The Kier molecular flexibility index (Phi) is 5.12. The van der Waals surface area contributed by atoms with Gasteiger partial charge in [-0.25, -0.2) is 4.79 Å². The predicted octanol–water partition coefficient (Wildman–Crippen LogP) is 2.14. The van der Waals surface area contributed by atoms with Crippen molar-refractivity contribution in [2.24, 2.45) is 7.05 Å². The van der Waals surface area contributed by atoms with Crippen molar-refractivity contribution in [3.05, 3.63) is 64.1 Å². The molecule has 3 aromatic rings. The highest BCUT2D eigenvalue weighted by molar-refractivity contribution is 5.93. The Labute approximate surface area is 156 Å². The predicted molar refractivity (Wildman–Crippen MR) is 103 cm³/mol. The van der Waals surface area contributed by atoms with Crippen LogP contribution >= 0.6 is 0 Å². The Balaban J connectivity index is 1.63. The van der Waals surface area contributed by atoms with E-state index in [4.69, 9.17) is 4.74 Å². The fourth-order valence-corrected chi connectivity index (χ4v) is 3.08. The van der Waals surface area contributed by atoms with Crippen LogP contribution in [0.5, 0.6) is 0 Å². The van der Waals surface area contributed by atoms with Gasteiger partial charge in [-0.15, -0.1) is 0 Å². The number of aryl methyl sites for hydroxylation is 3. The molecule has 0 radical (unpaired) electrons. The monoisotopic (exact) mass is 367 g/mol. The second-order valence-electron chi connectivity index (χ2n) is 6.50. The number of amides is 1. The third-order valence-electron chi connectivity index (χ3n) is 4.21. The number of imidazole rings is 1. The summed E-state index contributed by atoms with van der Waals surface area (Å²) >= 11 is 0. The van der Waals surface area contributed by atoms with E-state index in [1.807, 2.05) is 38.1 Å². The quantitative estimate of drug-likeness (QED) is 0.701. The molecule has 0 spiro atoms. The maximum Gasteiger partial charge on any atom is 0.329 e. The third kappa shape index (κ3) is 4.08. The Morgan fingerprint density at radius 3 is 2.33 bits per heavy atom. The van der Waals surface area contributed by atoms with Crippen molar-refractivity contribution in [2.75, 3.05) is 11.9 Å². The molecule has 0 fully saturated rings. The van der Waals surface area contributed by atoms with E-state index in [9.17, 15) is 14.4 Å². The summed E-state index contributed by atoms with van der Waals surface area (Å²) in [5.74, 6) is -1.08. The number of carbonyl (C=O) groups excluding carboxylic acids is 2. The van der Waals surface area contributed by atoms with Gasteiger partial charge < -0.3 is 10.1 Å². The zero-order valence-electron chi connectivity index (χ0n) is 15.5. The summed E-state index contributed by atoms with van der Waals surface area (Å²) < 4.78 is 7.83. The number of hydrogen-bond acceptors (Lipinski definition) is 4. The van der Waals surface area contributed by atoms with Crippen molar-refractivity contribution >= 4 is 28.6 Å². The van der Waals surface area contributed by atoms with Gasteiger partial charge in [0.05, 0.1) is 11.0 Å². The van der Waals surface area contributed by atoms with Crippen molar-refractivity contribution in [2.45, 2.75) is 20.4 Å². The molecule has 2 aromatic carbocycles. The van der Waals surface area contributed by atoms with Crippen LogP contribution in [0.25, 0.3) is 11.0 Å². The first-order chi connectivity index (χ1) is 12.8. The third-order valence-corrected chi connectivity index (χ3v) is 4.21. The summed E-state index contributed by atoms with van der Waals surface area (Å²) in [5.41, 5.74) is 3.76. The first-order valence-electron chi connectivity index (χ1n) is 8.53. The fraction of sp³-hybridized carbons (Fsp3) is 0.250. The summed E-state index contributed by atoms with van der Waals surface area (Å²) in [6.45, 7) is 3.21. The maximum absolute atomic E-state index is 12.3. The second kappa shape index (κ2) is 7.49. The first kappa shape index (κ1) is 18.4.